The Labute approximate surface area is 132 Å². The fourth-order valence-corrected chi connectivity index (χ4v) is 2.71. The molecule has 1 unspecified atom stereocenters. The highest BCUT2D eigenvalue weighted by atomic mass is 16.1. The van der Waals surface area contributed by atoms with E-state index in [0.29, 0.717) is 5.95 Å². The van der Waals surface area contributed by atoms with Gasteiger partial charge in [-0.2, -0.15) is 5.10 Å². The Morgan fingerprint density at radius 1 is 1.27 bits per heavy atom. The van der Waals surface area contributed by atoms with Crippen molar-refractivity contribution in [3.63, 3.8) is 0 Å². The number of carbonyl (C=O) groups excluding carboxylic acids is 1. The third-order valence-electron chi connectivity index (χ3n) is 4.07. The summed E-state index contributed by atoms with van der Waals surface area (Å²) in [5.74, 6) is 0.822. The lowest BCUT2D eigenvalue weighted by molar-refractivity contribution is -0.124. The number of piperidine rings is 1. The van der Waals surface area contributed by atoms with Crippen LogP contribution in [0.5, 0.6) is 0 Å². The smallest absolute Gasteiger partial charge is 0.245 e. The SMILES string of the molecule is CCc1nnc(N2CCCC(NC(=O)C(C)C)C2)nc1CC. The lowest BCUT2D eigenvalue weighted by Crippen LogP contribution is -2.49. The molecule has 2 heterocycles. The van der Waals surface area contributed by atoms with E-state index in [4.69, 9.17) is 0 Å². The Kier molecular flexibility index (Phi) is 5.69. The summed E-state index contributed by atoms with van der Waals surface area (Å²) in [6.07, 6.45) is 3.77. The topological polar surface area (TPSA) is 71.0 Å². The molecule has 1 atom stereocenters. The zero-order chi connectivity index (χ0) is 16.1. The lowest BCUT2D eigenvalue weighted by Gasteiger charge is -2.33. The second kappa shape index (κ2) is 7.51. The molecular formula is C16H27N5O. The summed E-state index contributed by atoms with van der Waals surface area (Å²) in [5, 5.41) is 11.7. The first kappa shape index (κ1) is 16.6. The zero-order valence-corrected chi connectivity index (χ0v) is 14.1. The van der Waals surface area contributed by atoms with Crippen molar-refractivity contribution in [3.05, 3.63) is 11.4 Å². The summed E-state index contributed by atoms with van der Waals surface area (Å²) in [6.45, 7) is 9.68. The van der Waals surface area contributed by atoms with Crippen molar-refractivity contribution in [3.8, 4) is 0 Å². The van der Waals surface area contributed by atoms with Gasteiger partial charge in [-0.25, -0.2) is 4.98 Å². The molecule has 22 heavy (non-hydrogen) atoms. The molecule has 1 aliphatic rings. The van der Waals surface area contributed by atoms with Crippen molar-refractivity contribution < 1.29 is 4.79 Å². The minimum Gasteiger partial charge on any atom is -0.351 e. The van der Waals surface area contributed by atoms with Crippen molar-refractivity contribution in [2.24, 2.45) is 5.92 Å². The Morgan fingerprint density at radius 3 is 2.64 bits per heavy atom. The quantitative estimate of drug-likeness (QED) is 0.897. The van der Waals surface area contributed by atoms with Crippen LogP contribution in [0.2, 0.25) is 0 Å². The standard InChI is InChI=1S/C16H27N5O/c1-5-13-14(6-2)19-20-16(18-13)21-9-7-8-12(10-21)17-15(22)11(3)4/h11-12H,5-10H2,1-4H3,(H,17,22). The van der Waals surface area contributed by atoms with Gasteiger partial charge in [0.2, 0.25) is 11.9 Å². The second-order valence-corrected chi connectivity index (χ2v) is 6.16. The van der Waals surface area contributed by atoms with E-state index in [0.717, 1.165) is 50.2 Å². The third-order valence-corrected chi connectivity index (χ3v) is 4.07. The van der Waals surface area contributed by atoms with Gasteiger partial charge in [-0.3, -0.25) is 4.79 Å². The van der Waals surface area contributed by atoms with Crippen molar-refractivity contribution in [1.82, 2.24) is 20.5 Å². The van der Waals surface area contributed by atoms with E-state index in [1.54, 1.807) is 0 Å². The van der Waals surface area contributed by atoms with Crippen LogP contribution in [0.4, 0.5) is 5.95 Å². The molecule has 1 N–H and O–H groups in total. The van der Waals surface area contributed by atoms with Crippen LogP contribution >= 0.6 is 0 Å². The van der Waals surface area contributed by atoms with Crippen LogP contribution in [0.3, 0.4) is 0 Å². The van der Waals surface area contributed by atoms with Crippen LogP contribution in [-0.2, 0) is 17.6 Å². The second-order valence-electron chi connectivity index (χ2n) is 6.16. The molecular weight excluding hydrogens is 278 g/mol. The maximum absolute atomic E-state index is 11.9. The molecule has 0 aliphatic carbocycles. The Hall–Kier alpha value is -1.72. The predicted molar refractivity (Wildman–Crippen MR) is 86.8 cm³/mol. The molecule has 1 fully saturated rings. The fraction of sp³-hybridized carbons (Fsp3) is 0.750. The summed E-state index contributed by atoms with van der Waals surface area (Å²) < 4.78 is 0. The van der Waals surface area contributed by atoms with E-state index in [2.05, 4.69) is 39.2 Å². The first-order chi connectivity index (χ1) is 10.5. The molecule has 1 aromatic heterocycles. The van der Waals surface area contributed by atoms with Crippen LogP contribution in [0.25, 0.3) is 0 Å². The highest BCUT2D eigenvalue weighted by molar-refractivity contribution is 5.78. The van der Waals surface area contributed by atoms with Crippen LogP contribution in [0.1, 0.15) is 51.9 Å². The molecule has 122 valence electrons. The van der Waals surface area contributed by atoms with Gasteiger partial charge in [0.15, 0.2) is 0 Å². The molecule has 6 heteroatoms. The van der Waals surface area contributed by atoms with Gasteiger partial charge < -0.3 is 10.2 Å². The first-order valence-corrected chi connectivity index (χ1v) is 8.32. The molecule has 6 nitrogen and oxygen atoms in total. The molecule has 2 rings (SSSR count). The van der Waals surface area contributed by atoms with Crippen LogP contribution in [0.15, 0.2) is 0 Å². The molecule has 1 aromatic rings. The van der Waals surface area contributed by atoms with Crippen LogP contribution in [0, 0.1) is 5.92 Å². The monoisotopic (exact) mass is 305 g/mol. The largest absolute Gasteiger partial charge is 0.351 e. The summed E-state index contributed by atoms with van der Waals surface area (Å²) in [5.41, 5.74) is 2.01. The van der Waals surface area contributed by atoms with Crippen molar-refractivity contribution in [2.45, 2.75) is 59.4 Å². The number of aromatic nitrogens is 3. The Bertz CT molecular complexity index is 517. The van der Waals surface area contributed by atoms with Crippen molar-refractivity contribution >= 4 is 11.9 Å². The van der Waals surface area contributed by atoms with E-state index in [1.807, 2.05) is 13.8 Å². The third kappa shape index (κ3) is 3.93. The number of anilines is 1. The van der Waals surface area contributed by atoms with Gasteiger partial charge in [0.05, 0.1) is 11.4 Å². The fourth-order valence-electron chi connectivity index (χ4n) is 2.71. The minimum absolute atomic E-state index is 0.0174. The summed E-state index contributed by atoms with van der Waals surface area (Å²) in [6, 6.07) is 0.170. The molecule has 0 radical (unpaired) electrons. The summed E-state index contributed by atoms with van der Waals surface area (Å²) in [4.78, 5) is 18.7. The number of amides is 1. The number of nitrogens with one attached hydrogen (secondary N) is 1. The van der Waals surface area contributed by atoms with Gasteiger partial charge >= 0.3 is 0 Å². The number of carbonyl (C=O) groups is 1. The zero-order valence-electron chi connectivity index (χ0n) is 14.1. The van der Waals surface area contributed by atoms with E-state index >= 15 is 0 Å². The number of rotatable bonds is 5. The van der Waals surface area contributed by atoms with Gasteiger partial charge in [-0.05, 0) is 25.7 Å². The van der Waals surface area contributed by atoms with Gasteiger partial charge in [0, 0.05) is 25.0 Å². The Morgan fingerprint density at radius 2 is 2.00 bits per heavy atom. The maximum atomic E-state index is 11.9. The van der Waals surface area contributed by atoms with Crippen LogP contribution < -0.4 is 10.2 Å². The highest BCUT2D eigenvalue weighted by Crippen LogP contribution is 2.17. The minimum atomic E-state index is 0.0174. The van der Waals surface area contributed by atoms with E-state index in [9.17, 15) is 4.79 Å². The number of hydrogen-bond donors (Lipinski definition) is 1. The van der Waals surface area contributed by atoms with Crippen molar-refractivity contribution in [2.75, 3.05) is 18.0 Å². The van der Waals surface area contributed by atoms with Gasteiger partial charge in [0.25, 0.3) is 0 Å². The maximum Gasteiger partial charge on any atom is 0.245 e. The molecule has 0 bridgehead atoms. The summed E-state index contributed by atoms with van der Waals surface area (Å²) in [7, 11) is 0. The molecule has 1 amide bonds. The molecule has 0 saturated carbocycles. The van der Waals surface area contributed by atoms with Gasteiger partial charge in [-0.15, -0.1) is 5.10 Å². The lowest BCUT2D eigenvalue weighted by atomic mass is 10.0. The molecule has 1 saturated heterocycles. The van der Waals surface area contributed by atoms with Gasteiger partial charge in [-0.1, -0.05) is 27.7 Å². The Balaban J connectivity index is 2.07. The molecule has 0 aromatic carbocycles. The number of nitrogens with zero attached hydrogens (tertiary/aromatic N) is 4. The molecule has 0 spiro atoms. The number of aryl methyl sites for hydroxylation is 2. The van der Waals surface area contributed by atoms with E-state index in [-0.39, 0.29) is 17.9 Å². The van der Waals surface area contributed by atoms with E-state index in [1.165, 1.54) is 0 Å². The van der Waals surface area contributed by atoms with E-state index < -0.39 is 0 Å². The van der Waals surface area contributed by atoms with Crippen molar-refractivity contribution in [1.29, 1.82) is 0 Å². The highest BCUT2D eigenvalue weighted by Gasteiger charge is 2.24. The average Bonchev–Trinajstić information content (AvgIpc) is 2.54. The van der Waals surface area contributed by atoms with Crippen LogP contribution in [-0.4, -0.2) is 40.2 Å². The summed E-state index contributed by atoms with van der Waals surface area (Å²) >= 11 is 0. The predicted octanol–water partition coefficient (Wildman–Crippen LogP) is 1.74. The number of hydrogen-bond acceptors (Lipinski definition) is 5. The normalized spacial score (nSPS) is 18.6. The van der Waals surface area contributed by atoms with Gasteiger partial charge in [0.1, 0.15) is 0 Å². The average molecular weight is 305 g/mol. The molecule has 1 aliphatic heterocycles. The first-order valence-electron chi connectivity index (χ1n) is 8.32.